The molecule has 0 rings (SSSR count). The van der Waals surface area contributed by atoms with Crippen molar-refractivity contribution in [1.29, 1.82) is 0 Å². The predicted molar refractivity (Wildman–Crippen MR) is 81.2 cm³/mol. The van der Waals surface area contributed by atoms with Gasteiger partial charge in [0.05, 0.1) is 0 Å². The minimum absolute atomic E-state index is 0.583. The van der Waals surface area contributed by atoms with E-state index in [0.29, 0.717) is 4.20 Å². The summed E-state index contributed by atoms with van der Waals surface area (Å²) in [6, 6.07) is 0. The van der Waals surface area contributed by atoms with Crippen LogP contribution in [0.5, 0.6) is 0 Å². The van der Waals surface area contributed by atoms with Crippen LogP contribution in [0.1, 0.15) is 46.5 Å². The number of unbranched alkanes of at least 4 members (excludes halogenated alkanes) is 2. The molecule has 0 saturated carbocycles. The van der Waals surface area contributed by atoms with Crippen LogP contribution in [-0.4, -0.2) is 24.0 Å². The average molecular weight is 353 g/mol. The number of rotatable bonds is 6. The fourth-order valence-corrected chi connectivity index (χ4v) is 3.94. The molecule has 0 bridgehead atoms. The first-order valence-corrected chi connectivity index (χ1v) is 14.4. The first kappa shape index (κ1) is 18.5. The van der Waals surface area contributed by atoms with E-state index in [2.05, 4.69) is 48.6 Å². The molecular weight excluding hydrogens is 327 g/mol. The van der Waals surface area contributed by atoms with E-state index in [4.69, 9.17) is 0 Å². The van der Waals surface area contributed by atoms with Gasteiger partial charge in [-0.3, -0.25) is 0 Å². The quantitative estimate of drug-likeness (QED) is 0.290. The Kier molecular flexibility index (Phi) is 16.2. The van der Waals surface area contributed by atoms with Crippen LogP contribution in [0.3, 0.4) is 0 Å². The van der Waals surface area contributed by atoms with Crippen molar-refractivity contribution in [2.24, 2.45) is 5.92 Å². The van der Waals surface area contributed by atoms with Crippen molar-refractivity contribution in [1.82, 2.24) is 0 Å². The van der Waals surface area contributed by atoms with Gasteiger partial charge in [0, 0.05) is 0 Å². The van der Waals surface area contributed by atoms with Gasteiger partial charge in [-0.25, -0.2) is 0 Å². The van der Waals surface area contributed by atoms with Gasteiger partial charge in [-0.15, -0.1) is 0 Å². The zero-order valence-electron chi connectivity index (χ0n) is 10.9. The molecule has 0 N–H and O–H groups in total. The summed E-state index contributed by atoms with van der Waals surface area (Å²) >= 11 is 7.99. The van der Waals surface area contributed by atoms with E-state index < -0.39 is 19.8 Å². The van der Waals surface area contributed by atoms with Crippen LogP contribution in [-0.2, 0) is 12.6 Å². The zero-order chi connectivity index (χ0) is 12.3. The Balaban J connectivity index is 0. The van der Waals surface area contributed by atoms with Gasteiger partial charge < -0.3 is 24.8 Å². The standard InChI is InChI=1S/C8H17.C2H4S2.2CH3.Sn/c1-4-5-6-7-8(2)3;1-2(3)4;;;/h8H,1,4-7H2,2-3H3;1H3,(H,3,4);2*1H3;/q;;;;+1/p-1. The number of hydrogen-bond donors (Lipinski definition) is 0. The number of hydrogen-bond acceptors (Lipinski definition) is 2. The molecule has 0 amide bonds. The summed E-state index contributed by atoms with van der Waals surface area (Å²) in [6.45, 7) is 6.35. The van der Waals surface area contributed by atoms with Gasteiger partial charge in [0.25, 0.3) is 0 Å². The van der Waals surface area contributed by atoms with Gasteiger partial charge in [-0.05, 0) is 0 Å². The Morgan fingerprint density at radius 3 is 2.00 bits per heavy atom. The monoisotopic (exact) mass is 354 g/mol. The van der Waals surface area contributed by atoms with E-state index in [-0.39, 0.29) is 0 Å². The third-order valence-electron chi connectivity index (χ3n) is 1.96. The molecule has 0 radical (unpaired) electrons. The first-order chi connectivity index (χ1) is 6.86. The van der Waals surface area contributed by atoms with Crippen molar-refractivity contribution in [2.45, 2.75) is 60.8 Å². The Labute approximate surface area is 115 Å². The van der Waals surface area contributed by atoms with E-state index >= 15 is 0 Å². The predicted octanol–water partition coefficient (Wildman–Crippen LogP) is 4.84. The summed E-state index contributed by atoms with van der Waals surface area (Å²) in [5.74, 6) is 0.913. The van der Waals surface area contributed by atoms with Crippen LogP contribution in [0, 0.1) is 5.92 Å². The molecular formula is C12H26S2Sn. The normalized spacial score (nSPS) is 9.47. The summed E-state index contributed by atoms with van der Waals surface area (Å²) in [7, 11) is 0. The molecule has 0 fully saturated rings. The van der Waals surface area contributed by atoms with Gasteiger partial charge in [0.2, 0.25) is 0 Å². The third-order valence-corrected chi connectivity index (χ3v) is 5.82. The van der Waals surface area contributed by atoms with E-state index in [1.807, 2.05) is 0 Å². The molecule has 0 atom stereocenters. The molecule has 0 unspecified atom stereocenters. The molecule has 0 aliphatic heterocycles. The molecule has 0 saturated heterocycles. The average Bonchev–Trinajstić information content (AvgIpc) is 2.01. The number of thiocarbonyl (C=S) groups is 1. The van der Waals surface area contributed by atoms with Crippen molar-refractivity contribution in [3.05, 3.63) is 0 Å². The summed E-state index contributed by atoms with van der Waals surface area (Å²) < 4.78 is 2.19. The van der Waals surface area contributed by atoms with Crippen molar-refractivity contribution in [3.63, 3.8) is 0 Å². The molecule has 0 aromatic rings. The Morgan fingerprint density at radius 2 is 1.67 bits per heavy atom. The Hall–Kier alpha value is 1.11. The fraction of sp³-hybridized carbons (Fsp3) is 0.917. The van der Waals surface area contributed by atoms with E-state index in [9.17, 15) is 0 Å². The van der Waals surface area contributed by atoms with Crippen LogP contribution in [0.2, 0.25) is 14.3 Å². The molecule has 3 heteroatoms. The Bertz CT molecular complexity index is 131. The van der Waals surface area contributed by atoms with Gasteiger partial charge in [-0.2, -0.15) is 4.20 Å². The van der Waals surface area contributed by atoms with Gasteiger partial charge >= 0.3 is 79.5 Å². The molecule has 0 spiro atoms. The second kappa shape index (κ2) is 13.2. The summed E-state index contributed by atoms with van der Waals surface area (Å²) in [6.07, 6.45) is 5.92. The van der Waals surface area contributed by atoms with Crippen LogP contribution in [0.4, 0.5) is 0 Å². The van der Waals surface area contributed by atoms with Gasteiger partial charge in [0.1, 0.15) is 0 Å². The maximum absolute atomic E-state index is 4.35. The topological polar surface area (TPSA) is 0 Å². The summed E-state index contributed by atoms with van der Waals surface area (Å²) in [5.41, 5.74) is 0. The molecule has 0 aromatic heterocycles. The van der Waals surface area contributed by atoms with Crippen LogP contribution in [0.15, 0.2) is 0 Å². The van der Waals surface area contributed by atoms with Crippen molar-refractivity contribution >= 4 is 48.8 Å². The van der Waals surface area contributed by atoms with E-state index in [0.717, 1.165) is 5.92 Å². The van der Waals surface area contributed by atoms with Crippen molar-refractivity contribution in [2.75, 3.05) is 0 Å². The van der Waals surface area contributed by atoms with Crippen LogP contribution < -0.4 is 0 Å². The summed E-state index contributed by atoms with van der Waals surface area (Å²) in [5, 5.41) is 0. The minimum atomic E-state index is -0.710. The van der Waals surface area contributed by atoms with Gasteiger partial charge in [0.15, 0.2) is 0 Å². The third kappa shape index (κ3) is 31.3. The molecule has 0 nitrogen and oxygen atoms in total. The molecule has 0 heterocycles. The summed E-state index contributed by atoms with van der Waals surface area (Å²) in [4.78, 5) is 5.01. The SMILES string of the molecule is CC(=S)[S-].CC(C)CCCC[CH2][Sn+]([CH3])[CH3]. The molecule has 0 aromatic carbocycles. The zero-order valence-corrected chi connectivity index (χ0v) is 15.4. The molecule has 0 aliphatic rings. The fourth-order valence-electron chi connectivity index (χ4n) is 1.21. The van der Waals surface area contributed by atoms with Crippen molar-refractivity contribution < 1.29 is 0 Å². The van der Waals surface area contributed by atoms with Gasteiger partial charge in [-0.1, -0.05) is 6.92 Å². The first-order valence-electron chi connectivity index (χ1n) is 5.82. The van der Waals surface area contributed by atoms with Crippen LogP contribution in [0.25, 0.3) is 0 Å². The second-order valence-corrected chi connectivity index (χ2v) is 14.5. The van der Waals surface area contributed by atoms with E-state index in [1.165, 1.54) is 25.7 Å². The second-order valence-electron chi connectivity index (χ2n) is 4.69. The maximum atomic E-state index is 4.35. The molecule has 0 aliphatic carbocycles. The van der Waals surface area contributed by atoms with Crippen LogP contribution >= 0.6 is 12.2 Å². The Morgan fingerprint density at radius 1 is 1.20 bits per heavy atom. The molecule has 15 heavy (non-hydrogen) atoms. The van der Waals surface area contributed by atoms with Crippen molar-refractivity contribution in [3.8, 4) is 0 Å². The van der Waals surface area contributed by atoms with E-state index in [1.54, 1.807) is 11.4 Å². The molecule has 90 valence electrons.